The summed E-state index contributed by atoms with van der Waals surface area (Å²) in [6, 6.07) is 5.18. The molecular formula is C8H12BNO2. The maximum Gasteiger partial charge on any atom is 0.406 e. The lowest BCUT2D eigenvalue weighted by atomic mass is 9.88. The summed E-state index contributed by atoms with van der Waals surface area (Å²) >= 11 is 0. The number of hydrogen-bond acceptors (Lipinski definition) is 3. The van der Waals surface area contributed by atoms with Crippen LogP contribution in [0.2, 0.25) is 6.82 Å². The van der Waals surface area contributed by atoms with Crippen molar-refractivity contribution in [3.63, 3.8) is 0 Å². The molecule has 0 aromatic heterocycles. The Morgan fingerprint density at radius 3 is 2.58 bits per heavy atom. The van der Waals surface area contributed by atoms with Crippen LogP contribution >= 0.6 is 0 Å². The number of aromatic hydroxyl groups is 1. The fraction of sp³-hybridized carbons (Fsp3) is 0.250. The maximum atomic E-state index is 9.29. The van der Waals surface area contributed by atoms with E-state index in [1.807, 2.05) is 13.0 Å². The predicted octanol–water partition coefficient (Wildman–Crippen LogP) is 1.22. The topological polar surface area (TPSA) is 52.5 Å². The van der Waals surface area contributed by atoms with E-state index in [-0.39, 0.29) is 5.75 Å². The van der Waals surface area contributed by atoms with Crippen LogP contribution in [0.1, 0.15) is 5.56 Å². The lowest BCUT2D eigenvalue weighted by Gasteiger charge is -2.07. The monoisotopic (exact) mass is 165 g/mol. The zero-order chi connectivity index (χ0) is 9.14. The SMILES string of the molecule is CB(O)Nc1ccc(C)c(O)c1. The van der Waals surface area contributed by atoms with Gasteiger partial charge >= 0.3 is 7.05 Å². The summed E-state index contributed by atoms with van der Waals surface area (Å²) in [7, 11) is -0.605. The summed E-state index contributed by atoms with van der Waals surface area (Å²) in [5, 5.41) is 21.0. The molecule has 3 nitrogen and oxygen atoms in total. The van der Waals surface area contributed by atoms with Gasteiger partial charge in [0.25, 0.3) is 0 Å². The Morgan fingerprint density at radius 1 is 1.42 bits per heavy atom. The van der Waals surface area contributed by atoms with E-state index in [2.05, 4.69) is 5.23 Å². The van der Waals surface area contributed by atoms with Gasteiger partial charge in [-0.3, -0.25) is 0 Å². The minimum absolute atomic E-state index is 0.237. The molecule has 0 heterocycles. The van der Waals surface area contributed by atoms with Gasteiger partial charge in [-0.05, 0) is 25.4 Å². The van der Waals surface area contributed by atoms with Crippen molar-refractivity contribution in [3.05, 3.63) is 23.8 Å². The minimum atomic E-state index is -0.605. The van der Waals surface area contributed by atoms with Gasteiger partial charge in [-0.25, -0.2) is 0 Å². The summed E-state index contributed by atoms with van der Waals surface area (Å²) in [4.78, 5) is 0. The molecule has 64 valence electrons. The van der Waals surface area contributed by atoms with E-state index in [0.717, 1.165) is 5.56 Å². The van der Waals surface area contributed by atoms with Crippen LogP contribution < -0.4 is 5.23 Å². The zero-order valence-corrected chi connectivity index (χ0v) is 7.20. The molecule has 1 rings (SSSR count). The number of hydrogen-bond donors (Lipinski definition) is 3. The van der Waals surface area contributed by atoms with E-state index < -0.39 is 7.05 Å². The van der Waals surface area contributed by atoms with Gasteiger partial charge in [0.15, 0.2) is 0 Å². The molecule has 0 atom stereocenters. The predicted molar refractivity (Wildman–Crippen MR) is 50.3 cm³/mol. The van der Waals surface area contributed by atoms with Crippen LogP contribution in [0.3, 0.4) is 0 Å². The Hall–Kier alpha value is -1.16. The van der Waals surface area contributed by atoms with Gasteiger partial charge in [-0.1, -0.05) is 6.07 Å². The van der Waals surface area contributed by atoms with E-state index >= 15 is 0 Å². The molecule has 0 bridgehead atoms. The van der Waals surface area contributed by atoms with Crippen LogP contribution in [-0.4, -0.2) is 17.2 Å². The smallest absolute Gasteiger partial charge is 0.406 e. The Morgan fingerprint density at radius 2 is 2.08 bits per heavy atom. The Kier molecular flexibility index (Phi) is 2.60. The van der Waals surface area contributed by atoms with Crippen LogP contribution in [-0.2, 0) is 0 Å². The molecule has 4 heteroatoms. The van der Waals surface area contributed by atoms with Crippen LogP contribution in [0.25, 0.3) is 0 Å². The summed E-state index contributed by atoms with van der Waals surface area (Å²) in [5.74, 6) is 0.237. The number of phenols is 1. The lowest BCUT2D eigenvalue weighted by Crippen LogP contribution is -2.19. The average molecular weight is 165 g/mol. The Bertz CT molecular complexity index is 276. The number of benzene rings is 1. The first-order chi connectivity index (χ1) is 5.59. The average Bonchev–Trinajstić information content (AvgIpc) is 1.96. The summed E-state index contributed by atoms with van der Waals surface area (Å²) in [5.41, 5.74) is 1.54. The van der Waals surface area contributed by atoms with Gasteiger partial charge in [0.05, 0.1) is 0 Å². The third-order valence-electron chi connectivity index (χ3n) is 1.58. The van der Waals surface area contributed by atoms with Gasteiger partial charge in [0, 0.05) is 11.8 Å². The summed E-state index contributed by atoms with van der Waals surface area (Å²) < 4.78 is 0. The van der Waals surface area contributed by atoms with Crippen LogP contribution in [0.5, 0.6) is 5.75 Å². The van der Waals surface area contributed by atoms with Gasteiger partial charge < -0.3 is 15.4 Å². The lowest BCUT2D eigenvalue weighted by molar-refractivity contribution is 0.471. The number of nitrogens with one attached hydrogen (secondary N) is 1. The third kappa shape index (κ3) is 2.17. The molecule has 0 saturated heterocycles. The molecule has 0 aliphatic rings. The molecule has 1 aromatic carbocycles. The Balaban J connectivity index is 2.82. The van der Waals surface area contributed by atoms with Gasteiger partial charge in [-0.15, -0.1) is 0 Å². The highest BCUT2D eigenvalue weighted by molar-refractivity contribution is 6.52. The highest BCUT2D eigenvalue weighted by Gasteiger charge is 2.03. The van der Waals surface area contributed by atoms with E-state index in [4.69, 9.17) is 5.02 Å². The van der Waals surface area contributed by atoms with E-state index in [0.29, 0.717) is 5.69 Å². The van der Waals surface area contributed by atoms with Crippen LogP contribution in [0.15, 0.2) is 18.2 Å². The summed E-state index contributed by atoms with van der Waals surface area (Å²) in [6.45, 7) is 3.44. The number of aryl methyl sites for hydroxylation is 1. The van der Waals surface area contributed by atoms with E-state index in [1.54, 1.807) is 19.0 Å². The first-order valence-corrected chi connectivity index (χ1v) is 3.84. The van der Waals surface area contributed by atoms with Gasteiger partial charge in [0.2, 0.25) is 0 Å². The van der Waals surface area contributed by atoms with Crippen molar-refractivity contribution in [3.8, 4) is 5.75 Å². The standard InChI is InChI=1S/C8H12BNO2/c1-6-3-4-7(5-8(6)11)10-9(2)12/h3-5,10-12H,1-2H3. The quantitative estimate of drug-likeness (QED) is 0.577. The molecule has 0 saturated carbocycles. The second kappa shape index (κ2) is 3.49. The highest BCUT2D eigenvalue weighted by Crippen LogP contribution is 2.20. The molecule has 0 aliphatic heterocycles. The molecule has 0 unspecified atom stereocenters. The van der Waals surface area contributed by atoms with Crippen molar-refractivity contribution in [1.29, 1.82) is 0 Å². The molecule has 0 radical (unpaired) electrons. The second-order valence-electron chi connectivity index (χ2n) is 2.82. The number of rotatable bonds is 2. The van der Waals surface area contributed by atoms with Crippen LogP contribution in [0.4, 0.5) is 5.69 Å². The van der Waals surface area contributed by atoms with Gasteiger partial charge in [-0.2, -0.15) is 0 Å². The van der Waals surface area contributed by atoms with Crippen molar-refractivity contribution in [1.82, 2.24) is 0 Å². The molecule has 12 heavy (non-hydrogen) atoms. The third-order valence-corrected chi connectivity index (χ3v) is 1.58. The summed E-state index contributed by atoms with van der Waals surface area (Å²) in [6.07, 6.45) is 0. The molecular weight excluding hydrogens is 153 g/mol. The first-order valence-electron chi connectivity index (χ1n) is 3.84. The minimum Gasteiger partial charge on any atom is -0.508 e. The van der Waals surface area contributed by atoms with Gasteiger partial charge in [0.1, 0.15) is 5.75 Å². The van der Waals surface area contributed by atoms with Crippen molar-refractivity contribution in [2.75, 3.05) is 5.23 Å². The normalized spacial score (nSPS) is 9.58. The molecule has 0 amide bonds. The van der Waals surface area contributed by atoms with Crippen LogP contribution in [0, 0.1) is 6.92 Å². The van der Waals surface area contributed by atoms with Crippen molar-refractivity contribution in [2.45, 2.75) is 13.7 Å². The Labute approximate surface area is 72.2 Å². The number of anilines is 1. The first kappa shape index (κ1) is 8.94. The molecule has 0 aliphatic carbocycles. The maximum absolute atomic E-state index is 9.29. The van der Waals surface area contributed by atoms with E-state index in [9.17, 15) is 5.11 Å². The van der Waals surface area contributed by atoms with Crippen molar-refractivity contribution < 1.29 is 10.1 Å². The fourth-order valence-electron chi connectivity index (χ4n) is 0.940. The largest absolute Gasteiger partial charge is 0.508 e. The highest BCUT2D eigenvalue weighted by atomic mass is 16.3. The molecule has 3 N–H and O–H groups in total. The van der Waals surface area contributed by atoms with Crippen molar-refractivity contribution in [2.24, 2.45) is 0 Å². The van der Waals surface area contributed by atoms with E-state index in [1.165, 1.54) is 0 Å². The molecule has 0 fully saturated rings. The molecule has 1 aromatic rings. The second-order valence-corrected chi connectivity index (χ2v) is 2.82. The number of phenolic OH excluding ortho intramolecular Hbond substituents is 1. The zero-order valence-electron chi connectivity index (χ0n) is 7.20. The van der Waals surface area contributed by atoms with Crippen molar-refractivity contribution >= 4 is 12.7 Å². The fourth-order valence-corrected chi connectivity index (χ4v) is 0.940. The molecule has 0 spiro atoms.